The van der Waals surface area contributed by atoms with Crippen molar-refractivity contribution in [3.8, 4) is 0 Å². The molecule has 0 amide bonds. The molecule has 0 unspecified atom stereocenters. The Morgan fingerprint density at radius 2 is 1.73 bits per heavy atom. The van der Waals surface area contributed by atoms with Crippen LogP contribution in [0.4, 0.5) is 0 Å². The zero-order chi connectivity index (χ0) is 11.9. The smallest absolute Gasteiger partial charge is 0.279 e. The van der Waals surface area contributed by atoms with Crippen LogP contribution in [0.25, 0.3) is 0 Å². The Bertz CT molecular complexity index is 248. The van der Waals surface area contributed by atoms with Gasteiger partial charge in [0.1, 0.15) is 0 Å². The molecule has 0 aromatic carbocycles. The Morgan fingerprint density at radius 1 is 1.27 bits per heavy atom. The van der Waals surface area contributed by atoms with Gasteiger partial charge in [-0.3, -0.25) is 0 Å². The topological polar surface area (TPSA) is 69.6 Å². The first-order valence-electron chi connectivity index (χ1n) is 5.36. The van der Waals surface area contributed by atoms with E-state index in [1.165, 1.54) is 4.31 Å². The van der Waals surface area contributed by atoms with Crippen molar-refractivity contribution in [3.05, 3.63) is 0 Å². The second-order valence-corrected chi connectivity index (χ2v) is 5.31. The van der Waals surface area contributed by atoms with E-state index in [0.29, 0.717) is 13.1 Å². The molecule has 0 aliphatic carbocycles. The molecule has 0 spiro atoms. The van der Waals surface area contributed by atoms with Gasteiger partial charge in [0, 0.05) is 19.1 Å². The average molecular weight is 238 g/mol. The van der Waals surface area contributed by atoms with Crippen molar-refractivity contribution in [2.45, 2.75) is 39.7 Å². The third kappa shape index (κ3) is 5.46. The van der Waals surface area contributed by atoms with E-state index in [0.717, 1.165) is 12.8 Å². The Labute approximate surface area is 92.7 Å². The Hall–Kier alpha value is -0.170. The maximum absolute atomic E-state index is 11.8. The van der Waals surface area contributed by atoms with Crippen LogP contribution in [0.2, 0.25) is 0 Å². The first kappa shape index (κ1) is 14.8. The summed E-state index contributed by atoms with van der Waals surface area (Å²) in [4.78, 5) is 0. The van der Waals surface area contributed by atoms with Gasteiger partial charge in [-0.1, -0.05) is 13.8 Å². The number of rotatable bonds is 8. The monoisotopic (exact) mass is 238 g/mol. The molecule has 0 radical (unpaired) electrons. The molecule has 0 heterocycles. The van der Waals surface area contributed by atoms with Crippen LogP contribution in [-0.2, 0) is 10.2 Å². The van der Waals surface area contributed by atoms with Gasteiger partial charge in [0.2, 0.25) is 0 Å². The van der Waals surface area contributed by atoms with Gasteiger partial charge in [0.25, 0.3) is 10.2 Å². The molecule has 0 fully saturated rings. The lowest BCUT2D eigenvalue weighted by molar-refractivity contribution is 0.262. The predicted molar refractivity (Wildman–Crippen MR) is 60.8 cm³/mol. The number of hydrogen-bond donors (Lipinski definition) is 2. The molecule has 0 saturated carbocycles. The highest BCUT2D eigenvalue weighted by atomic mass is 32.2. The summed E-state index contributed by atoms with van der Waals surface area (Å²) < 4.78 is 27.4. The minimum Gasteiger partial charge on any atom is -0.395 e. The van der Waals surface area contributed by atoms with Gasteiger partial charge >= 0.3 is 0 Å². The summed E-state index contributed by atoms with van der Waals surface area (Å²) in [7, 11) is -3.43. The van der Waals surface area contributed by atoms with Crippen LogP contribution in [0.3, 0.4) is 0 Å². The molecule has 92 valence electrons. The largest absolute Gasteiger partial charge is 0.395 e. The zero-order valence-corrected chi connectivity index (χ0v) is 10.5. The molecule has 0 aromatic rings. The van der Waals surface area contributed by atoms with E-state index in [1.807, 2.05) is 13.8 Å². The SMILES string of the molecule is CCCN(CCC)S(=O)(=O)N[C@@H](C)CO. The summed E-state index contributed by atoms with van der Waals surface area (Å²) in [6.45, 7) is 6.35. The first-order chi connectivity index (χ1) is 6.97. The van der Waals surface area contributed by atoms with Crippen LogP contribution in [0.1, 0.15) is 33.6 Å². The van der Waals surface area contributed by atoms with Crippen LogP contribution in [0.5, 0.6) is 0 Å². The fourth-order valence-corrected chi connectivity index (χ4v) is 2.79. The number of nitrogens with one attached hydrogen (secondary N) is 1. The average Bonchev–Trinajstić information content (AvgIpc) is 2.16. The van der Waals surface area contributed by atoms with Crippen molar-refractivity contribution in [2.24, 2.45) is 0 Å². The zero-order valence-electron chi connectivity index (χ0n) is 9.73. The Morgan fingerprint density at radius 3 is 2.07 bits per heavy atom. The maximum atomic E-state index is 11.8. The van der Waals surface area contributed by atoms with Crippen molar-refractivity contribution in [1.82, 2.24) is 9.03 Å². The molecule has 5 nitrogen and oxygen atoms in total. The van der Waals surface area contributed by atoms with Crippen LogP contribution in [0.15, 0.2) is 0 Å². The van der Waals surface area contributed by atoms with Gasteiger partial charge in [-0.25, -0.2) is 0 Å². The van der Waals surface area contributed by atoms with E-state index in [2.05, 4.69) is 4.72 Å². The molecule has 15 heavy (non-hydrogen) atoms. The van der Waals surface area contributed by atoms with Crippen molar-refractivity contribution < 1.29 is 13.5 Å². The molecular weight excluding hydrogens is 216 g/mol. The highest BCUT2D eigenvalue weighted by Gasteiger charge is 2.21. The third-order valence-corrected chi connectivity index (χ3v) is 3.66. The van der Waals surface area contributed by atoms with E-state index in [9.17, 15) is 8.42 Å². The fraction of sp³-hybridized carbons (Fsp3) is 1.00. The molecule has 0 aliphatic heterocycles. The summed E-state index contributed by atoms with van der Waals surface area (Å²) >= 11 is 0. The molecule has 0 bridgehead atoms. The van der Waals surface area contributed by atoms with Crippen LogP contribution >= 0.6 is 0 Å². The number of nitrogens with zero attached hydrogens (tertiary/aromatic N) is 1. The summed E-state index contributed by atoms with van der Waals surface area (Å²) in [5.41, 5.74) is 0. The molecule has 0 aromatic heterocycles. The summed E-state index contributed by atoms with van der Waals surface area (Å²) in [5, 5.41) is 8.79. The van der Waals surface area contributed by atoms with Gasteiger partial charge < -0.3 is 5.11 Å². The molecule has 1 atom stereocenters. The van der Waals surface area contributed by atoms with E-state index < -0.39 is 16.3 Å². The van der Waals surface area contributed by atoms with Gasteiger partial charge in [-0.15, -0.1) is 0 Å². The third-order valence-electron chi connectivity index (χ3n) is 1.91. The first-order valence-corrected chi connectivity index (χ1v) is 6.80. The Balaban J connectivity index is 4.48. The highest BCUT2D eigenvalue weighted by molar-refractivity contribution is 7.87. The number of aliphatic hydroxyl groups is 1. The lowest BCUT2D eigenvalue weighted by Gasteiger charge is -2.23. The van der Waals surface area contributed by atoms with Crippen molar-refractivity contribution in [3.63, 3.8) is 0 Å². The molecule has 0 aliphatic rings. The predicted octanol–water partition coefficient (Wildman–Crippen LogP) is 0.324. The van der Waals surface area contributed by atoms with Gasteiger partial charge in [0.05, 0.1) is 6.61 Å². The van der Waals surface area contributed by atoms with Gasteiger partial charge in [-0.05, 0) is 19.8 Å². The normalized spacial score (nSPS) is 14.5. The highest BCUT2D eigenvalue weighted by Crippen LogP contribution is 2.02. The van der Waals surface area contributed by atoms with E-state index in [-0.39, 0.29) is 6.61 Å². The standard InChI is InChI=1S/C9H22N2O3S/c1-4-6-11(7-5-2)15(13,14)10-9(3)8-12/h9-10,12H,4-8H2,1-3H3/t9-/m0/s1. The second-order valence-electron chi connectivity index (χ2n) is 3.61. The molecule has 0 saturated heterocycles. The van der Waals surface area contributed by atoms with Crippen molar-refractivity contribution in [1.29, 1.82) is 0 Å². The fourth-order valence-electron chi connectivity index (χ4n) is 1.22. The van der Waals surface area contributed by atoms with Crippen molar-refractivity contribution in [2.75, 3.05) is 19.7 Å². The molecule has 0 rings (SSSR count). The lowest BCUT2D eigenvalue weighted by Crippen LogP contribution is -2.46. The minimum absolute atomic E-state index is 0.189. The number of aliphatic hydroxyl groups excluding tert-OH is 1. The van der Waals surface area contributed by atoms with E-state index in [4.69, 9.17) is 5.11 Å². The quantitative estimate of drug-likeness (QED) is 0.640. The van der Waals surface area contributed by atoms with E-state index in [1.54, 1.807) is 6.92 Å². The summed E-state index contributed by atoms with van der Waals surface area (Å²) in [6, 6.07) is -0.439. The van der Waals surface area contributed by atoms with E-state index >= 15 is 0 Å². The maximum Gasteiger partial charge on any atom is 0.279 e. The summed E-state index contributed by atoms with van der Waals surface area (Å²) in [5.74, 6) is 0. The Kier molecular flexibility index (Phi) is 7.08. The minimum atomic E-state index is -3.43. The second kappa shape index (κ2) is 7.16. The van der Waals surface area contributed by atoms with Gasteiger partial charge in [-0.2, -0.15) is 17.4 Å². The lowest BCUT2D eigenvalue weighted by atomic mass is 10.4. The van der Waals surface area contributed by atoms with Crippen LogP contribution in [-0.4, -0.2) is 43.6 Å². The van der Waals surface area contributed by atoms with Crippen LogP contribution < -0.4 is 4.72 Å². The number of hydrogen-bond acceptors (Lipinski definition) is 3. The van der Waals surface area contributed by atoms with Gasteiger partial charge in [0.15, 0.2) is 0 Å². The van der Waals surface area contributed by atoms with Crippen molar-refractivity contribution >= 4 is 10.2 Å². The molecule has 6 heteroatoms. The molecule has 2 N–H and O–H groups in total. The summed E-state index contributed by atoms with van der Waals surface area (Å²) in [6.07, 6.45) is 1.57. The van der Waals surface area contributed by atoms with Crippen LogP contribution in [0, 0.1) is 0 Å². The molecular formula is C9H22N2O3S.